The number of nitrogens with zero attached hydrogens (tertiary/aromatic N) is 3. The van der Waals surface area contributed by atoms with Crippen LogP contribution in [0.4, 0.5) is 5.82 Å². The second kappa shape index (κ2) is 4.77. The van der Waals surface area contributed by atoms with Gasteiger partial charge in [0.15, 0.2) is 0 Å². The maximum atomic E-state index is 12.2. The van der Waals surface area contributed by atoms with E-state index < -0.39 is 0 Å². The molecule has 1 amide bonds. The van der Waals surface area contributed by atoms with E-state index in [2.05, 4.69) is 15.4 Å². The Balaban J connectivity index is 1.90. The van der Waals surface area contributed by atoms with Crippen LogP contribution in [0.25, 0.3) is 10.9 Å². The number of carbonyl (C=O) groups excluding carboxylic acids is 1. The number of nitrogens with one attached hydrogen (secondary N) is 1. The fourth-order valence-electron chi connectivity index (χ4n) is 2.09. The molecule has 100 valence electrons. The maximum Gasteiger partial charge on any atom is 0.256 e. The van der Waals surface area contributed by atoms with E-state index in [-0.39, 0.29) is 5.91 Å². The Morgan fingerprint density at radius 2 is 2.10 bits per heavy atom. The zero-order chi connectivity index (χ0) is 14.1. The second-order valence-electron chi connectivity index (χ2n) is 4.66. The lowest BCUT2D eigenvalue weighted by Crippen LogP contribution is -2.13. The molecule has 0 bridgehead atoms. The molecule has 0 saturated heterocycles. The van der Waals surface area contributed by atoms with Gasteiger partial charge in [0.2, 0.25) is 0 Å². The summed E-state index contributed by atoms with van der Waals surface area (Å²) in [7, 11) is 1.85. The molecule has 0 fully saturated rings. The highest BCUT2D eigenvalue weighted by molar-refractivity contribution is 6.05. The predicted octanol–water partition coefficient (Wildman–Crippen LogP) is 2.53. The van der Waals surface area contributed by atoms with Crippen molar-refractivity contribution in [2.75, 3.05) is 5.32 Å². The monoisotopic (exact) mass is 266 g/mol. The van der Waals surface area contributed by atoms with Crippen molar-refractivity contribution < 1.29 is 4.79 Å². The fourth-order valence-corrected chi connectivity index (χ4v) is 2.09. The molecular weight excluding hydrogens is 252 g/mol. The van der Waals surface area contributed by atoms with Gasteiger partial charge >= 0.3 is 0 Å². The highest BCUT2D eigenvalue weighted by atomic mass is 16.1. The van der Waals surface area contributed by atoms with E-state index in [1.807, 2.05) is 38.2 Å². The summed E-state index contributed by atoms with van der Waals surface area (Å²) in [6.45, 7) is 1.89. The zero-order valence-corrected chi connectivity index (χ0v) is 11.3. The van der Waals surface area contributed by atoms with Gasteiger partial charge in [-0.2, -0.15) is 5.10 Å². The van der Waals surface area contributed by atoms with E-state index in [1.165, 1.54) is 0 Å². The van der Waals surface area contributed by atoms with Crippen molar-refractivity contribution in [1.82, 2.24) is 14.8 Å². The molecule has 0 spiro atoms. The molecule has 2 aromatic heterocycles. The Labute approximate surface area is 116 Å². The number of fused-ring (bicyclic) bond motifs is 1. The van der Waals surface area contributed by atoms with Gasteiger partial charge in [0, 0.05) is 23.7 Å². The molecule has 0 aliphatic carbocycles. The average Bonchev–Trinajstić information content (AvgIpc) is 2.80. The summed E-state index contributed by atoms with van der Waals surface area (Å²) in [5.74, 6) is 0.381. The number of carbonyl (C=O) groups is 1. The Hall–Kier alpha value is -2.69. The third-order valence-corrected chi connectivity index (χ3v) is 3.14. The first-order chi connectivity index (χ1) is 9.63. The van der Waals surface area contributed by atoms with Gasteiger partial charge in [-0.3, -0.25) is 9.48 Å². The van der Waals surface area contributed by atoms with Crippen LogP contribution >= 0.6 is 0 Å². The Bertz CT molecular complexity index is 791. The van der Waals surface area contributed by atoms with Crippen LogP contribution in [-0.2, 0) is 7.05 Å². The predicted molar refractivity (Wildman–Crippen MR) is 77.6 cm³/mol. The molecule has 1 N–H and O–H groups in total. The third kappa shape index (κ3) is 2.25. The van der Waals surface area contributed by atoms with Crippen LogP contribution in [0.3, 0.4) is 0 Å². The van der Waals surface area contributed by atoms with E-state index in [0.29, 0.717) is 11.4 Å². The lowest BCUT2D eigenvalue weighted by atomic mass is 10.1. The van der Waals surface area contributed by atoms with Gasteiger partial charge in [-0.05, 0) is 31.2 Å². The SMILES string of the molecule is Cc1cccc(NC(=O)c2ccc3cnn(C)c3c2)n1. The highest BCUT2D eigenvalue weighted by Crippen LogP contribution is 2.16. The number of rotatable bonds is 2. The molecule has 5 heteroatoms. The van der Waals surface area contributed by atoms with Gasteiger partial charge in [-0.1, -0.05) is 12.1 Å². The third-order valence-electron chi connectivity index (χ3n) is 3.14. The molecule has 0 unspecified atom stereocenters. The zero-order valence-electron chi connectivity index (χ0n) is 11.3. The van der Waals surface area contributed by atoms with Crippen molar-refractivity contribution in [1.29, 1.82) is 0 Å². The van der Waals surface area contributed by atoms with Gasteiger partial charge in [0.05, 0.1) is 11.7 Å². The fraction of sp³-hybridized carbons (Fsp3) is 0.133. The molecule has 3 aromatic rings. The van der Waals surface area contributed by atoms with Crippen molar-refractivity contribution in [2.45, 2.75) is 6.92 Å². The molecular formula is C15H14N4O. The van der Waals surface area contributed by atoms with Crippen molar-refractivity contribution in [3.05, 3.63) is 53.9 Å². The summed E-state index contributed by atoms with van der Waals surface area (Å²) in [4.78, 5) is 16.5. The smallest absolute Gasteiger partial charge is 0.256 e. The van der Waals surface area contributed by atoms with Gasteiger partial charge in [-0.25, -0.2) is 4.98 Å². The Morgan fingerprint density at radius 3 is 2.90 bits per heavy atom. The molecule has 0 aliphatic rings. The van der Waals surface area contributed by atoms with Crippen LogP contribution in [0.5, 0.6) is 0 Å². The minimum atomic E-state index is -0.175. The van der Waals surface area contributed by atoms with Crippen molar-refractivity contribution in [2.24, 2.45) is 7.05 Å². The summed E-state index contributed by atoms with van der Waals surface area (Å²) < 4.78 is 1.75. The van der Waals surface area contributed by atoms with Gasteiger partial charge < -0.3 is 5.32 Å². The molecule has 0 radical (unpaired) electrons. The molecule has 1 aromatic carbocycles. The summed E-state index contributed by atoms with van der Waals surface area (Å²) in [5.41, 5.74) is 2.38. The van der Waals surface area contributed by atoms with Gasteiger partial charge in [-0.15, -0.1) is 0 Å². The lowest BCUT2D eigenvalue weighted by molar-refractivity contribution is 0.102. The standard InChI is InChI=1S/C15H14N4O/c1-10-4-3-5-14(17-10)18-15(20)11-6-7-12-9-16-19(2)13(12)8-11/h3-9H,1-2H3,(H,17,18,20). The van der Waals surface area contributed by atoms with Gasteiger partial charge in [0.1, 0.15) is 5.82 Å². The lowest BCUT2D eigenvalue weighted by Gasteiger charge is -2.05. The topological polar surface area (TPSA) is 59.8 Å². The Kier molecular flexibility index (Phi) is 2.95. The minimum Gasteiger partial charge on any atom is -0.307 e. The van der Waals surface area contributed by atoms with Crippen molar-refractivity contribution in [3.8, 4) is 0 Å². The Morgan fingerprint density at radius 1 is 1.25 bits per heavy atom. The average molecular weight is 266 g/mol. The molecule has 2 heterocycles. The largest absolute Gasteiger partial charge is 0.307 e. The number of amides is 1. The summed E-state index contributed by atoms with van der Waals surface area (Å²) in [6.07, 6.45) is 1.78. The highest BCUT2D eigenvalue weighted by Gasteiger charge is 2.09. The first kappa shape index (κ1) is 12.3. The molecule has 20 heavy (non-hydrogen) atoms. The van der Waals surface area contributed by atoms with Gasteiger partial charge in [0.25, 0.3) is 5.91 Å². The maximum absolute atomic E-state index is 12.2. The van der Waals surface area contributed by atoms with E-state index >= 15 is 0 Å². The summed E-state index contributed by atoms with van der Waals surface area (Å²) in [5, 5.41) is 7.97. The van der Waals surface area contributed by atoms with Crippen molar-refractivity contribution >= 4 is 22.6 Å². The van der Waals surface area contributed by atoms with Crippen molar-refractivity contribution in [3.63, 3.8) is 0 Å². The first-order valence-corrected chi connectivity index (χ1v) is 6.30. The van der Waals surface area contributed by atoms with Crippen LogP contribution in [-0.4, -0.2) is 20.7 Å². The van der Waals surface area contributed by atoms with Crippen LogP contribution in [0.15, 0.2) is 42.6 Å². The summed E-state index contributed by atoms with van der Waals surface area (Å²) >= 11 is 0. The number of pyridine rings is 1. The van der Waals surface area contributed by atoms with Crippen LogP contribution in [0.1, 0.15) is 16.1 Å². The number of aryl methyl sites for hydroxylation is 2. The van der Waals surface area contributed by atoms with Crippen LogP contribution < -0.4 is 5.32 Å². The molecule has 0 atom stereocenters. The number of aromatic nitrogens is 3. The van der Waals surface area contributed by atoms with Crippen LogP contribution in [0.2, 0.25) is 0 Å². The number of benzene rings is 1. The molecule has 0 saturated carbocycles. The molecule has 3 rings (SSSR count). The van der Waals surface area contributed by atoms with E-state index in [1.54, 1.807) is 23.0 Å². The molecule has 0 aliphatic heterocycles. The number of hydrogen-bond donors (Lipinski definition) is 1. The van der Waals surface area contributed by atoms with E-state index in [9.17, 15) is 4.79 Å². The second-order valence-corrected chi connectivity index (χ2v) is 4.66. The normalized spacial score (nSPS) is 10.7. The number of hydrogen-bond acceptors (Lipinski definition) is 3. The summed E-state index contributed by atoms with van der Waals surface area (Å²) in [6, 6.07) is 11.0. The quantitative estimate of drug-likeness (QED) is 0.775. The van der Waals surface area contributed by atoms with Crippen LogP contribution in [0, 0.1) is 6.92 Å². The van der Waals surface area contributed by atoms with E-state index in [4.69, 9.17) is 0 Å². The van der Waals surface area contributed by atoms with E-state index in [0.717, 1.165) is 16.6 Å². The minimum absolute atomic E-state index is 0.175. The first-order valence-electron chi connectivity index (χ1n) is 6.30. The number of anilines is 1. The molecule has 5 nitrogen and oxygen atoms in total.